The number of amides is 2. The minimum absolute atomic E-state index is 0.0719. The second-order valence-corrected chi connectivity index (χ2v) is 8.00. The Labute approximate surface area is 172 Å². The molecule has 0 unspecified atom stereocenters. The van der Waals surface area contributed by atoms with Gasteiger partial charge in [-0.05, 0) is 69.0 Å². The minimum atomic E-state index is 0.0719. The fourth-order valence-corrected chi connectivity index (χ4v) is 4.13. The van der Waals surface area contributed by atoms with Crippen LogP contribution >= 0.6 is 0 Å². The predicted octanol–water partition coefficient (Wildman–Crippen LogP) is 3.91. The quantitative estimate of drug-likeness (QED) is 0.775. The monoisotopic (exact) mass is 392 g/mol. The molecule has 5 nitrogen and oxygen atoms in total. The molecular weight excluding hydrogens is 364 g/mol. The van der Waals surface area contributed by atoms with Crippen molar-refractivity contribution in [2.24, 2.45) is 0 Å². The van der Waals surface area contributed by atoms with Crippen LogP contribution in [0.1, 0.15) is 52.0 Å². The second kappa shape index (κ2) is 8.68. The van der Waals surface area contributed by atoms with Crippen molar-refractivity contribution in [2.45, 2.75) is 38.6 Å². The number of aryl methyl sites for hydroxylation is 1. The highest BCUT2D eigenvalue weighted by atomic mass is 16.5. The Hall–Kier alpha value is -2.82. The van der Waals surface area contributed by atoms with Crippen LogP contribution in [0, 0.1) is 6.92 Å². The Kier molecular flexibility index (Phi) is 5.84. The van der Waals surface area contributed by atoms with Gasteiger partial charge >= 0.3 is 0 Å². The number of rotatable bonds is 5. The SMILES string of the molecule is Cc1ccc(C(=O)N2CCC[C@H]2COc2ccc(C(=O)N3CCCC3)cc2)cc1. The van der Waals surface area contributed by atoms with Crippen LogP contribution in [0.25, 0.3) is 0 Å². The molecule has 2 heterocycles. The van der Waals surface area contributed by atoms with E-state index in [0.717, 1.165) is 62.2 Å². The summed E-state index contributed by atoms with van der Waals surface area (Å²) in [4.78, 5) is 29.1. The maximum atomic E-state index is 12.9. The number of likely N-dealkylation sites (tertiary alicyclic amines) is 2. The van der Waals surface area contributed by atoms with Gasteiger partial charge in [-0.2, -0.15) is 0 Å². The van der Waals surface area contributed by atoms with Crippen molar-refractivity contribution >= 4 is 11.8 Å². The van der Waals surface area contributed by atoms with Crippen molar-refractivity contribution in [2.75, 3.05) is 26.2 Å². The molecule has 2 aliphatic heterocycles. The molecular formula is C24H28N2O3. The number of hydrogen-bond acceptors (Lipinski definition) is 3. The van der Waals surface area contributed by atoms with E-state index >= 15 is 0 Å². The zero-order valence-electron chi connectivity index (χ0n) is 17.0. The van der Waals surface area contributed by atoms with Crippen molar-refractivity contribution in [1.82, 2.24) is 9.80 Å². The lowest BCUT2D eigenvalue weighted by Gasteiger charge is -2.25. The minimum Gasteiger partial charge on any atom is -0.491 e. The van der Waals surface area contributed by atoms with Crippen molar-refractivity contribution in [3.8, 4) is 5.75 Å². The predicted molar refractivity (Wildman–Crippen MR) is 112 cm³/mol. The van der Waals surface area contributed by atoms with Crippen molar-refractivity contribution in [3.05, 3.63) is 65.2 Å². The molecule has 0 N–H and O–H groups in total. The second-order valence-electron chi connectivity index (χ2n) is 8.00. The van der Waals surface area contributed by atoms with Crippen molar-refractivity contribution < 1.29 is 14.3 Å². The van der Waals surface area contributed by atoms with Crippen LogP contribution in [0.15, 0.2) is 48.5 Å². The first kappa shape index (κ1) is 19.5. The highest BCUT2D eigenvalue weighted by Crippen LogP contribution is 2.22. The summed E-state index contributed by atoms with van der Waals surface area (Å²) in [5, 5.41) is 0. The van der Waals surface area contributed by atoms with Gasteiger partial charge in [0.1, 0.15) is 12.4 Å². The van der Waals surface area contributed by atoms with Crippen molar-refractivity contribution in [1.29, 1.82) is 0 Å². The molecule has 0 radical (unpaired) electrons. The molecule has 4 rings (SSSR count). The van der Waals surface area contributed by atoms with E-state index in [9.17, 15) is 9.59 Å². The zero-order valence-corrected chi connectivity index (χ0v) is 17.0. The summed E-state index contributed by atoms with van der Waals surface area (Å²) >= 11 is 0. The number of benzene rings is 2. The average Bonchev–Trinajstić information content (AvgIpc) is 3.44. The van der Waals surface area contributed by atoms with Crippen LogP contribution in [0.5, 0.6) is 5.75 Å². The number of nitrogens with zero attached hydrogens (tertiary/aromatic N) is 2. The lowest BCUT2D eigenvalue weighted by atomic mass is 10.1. The normalized spacial score (nSPS) is 18.9. The van der Waals surface area contributed by atoms with E-state index in [1.807, 2.05) is 65.3 Å². The van der Waals surface area contributed by atoms with Gasteiger partial charge in [-0.3, -0.25) is 9.59 Å². The highest BCUT2D eigenvalue weighted by Gasteiger charge is 2.30. The standard InChI is InChI=1S/C24H28N2O3/c1-18-6-8-20(9-7-18)24(28)26-16-4-5-21(26)17-29-22-12-10-19(11-13-22)23(27)25-14-2-3-15-25/h6-13,21H,2-5,14-17H2,1H3/t21-/m0/s1. The smallest absolute Gasteiger partial charge is 0.254 e. The van der Waals surface area contributed by atoms with Gasteiger partial charge < -0.3 is 14.5 Å². The van der Waals surface area contributed by atoms with E-state index in [4.69, 9.17) is 4.74 Å². The molecule has 29 heavy (non-hydrogen) atoms. The largest absolute Gasteiger partial charge is 0.491 e. The van der Waals surface area contributed by atoms with Crippen LogP contribution in [0.3, 0.4) is 0 Å². The molecule has 152 valence electrons. The number of ether oxygens (including phenoxy) is 1. The molecule has 5 heteroatoms. The van der Waals surface area contributed by atoms with E-state index in [0.29, 0.717) is 12.2 Å². The highest BCUT2D eigenvalue weighted by molar-refractivity contribution is 5.95. The number of carbonyl (C=O) groups excluding carboxylic acids is 2. The molecule has 0 bridgehead atoms. The van der Waals surface area contributed by atoms with E-state index < -0.39 is 0 Å². The number of hydrogen-bond donors (Lipinski definition) is 0. The van der Waals surface area contributed by atoms with Gasteiger partial charge in [0.15, 0.2) is 0 Å². The number of carbonyl (C=O) groups is 2. The summed E-state index contributed by atoms with van der Waals surface area (Å²) in [7, 11) is 0. The fourth-order valence-electron chi connectivity index (χ4n) is 4.13. The Morgan fingerprint density at radius 1 is 0.862 bits per heavy atom. The van der Waals surface area contributed by atoms with Crippen LogP contribution < -0.4 is 4.74 Å². The Morgan fingerprint density at radius 2 is 1.48 bits per heavy atom. The topological polar surface area (TPSA) is 49.9 Å². The van der Waals surface area contributed by atoms with Gasteiger partial charge in [-0.25, -0.2) is 0 Å². The molecule has 0 saturated carbocycles. The molecule has 2 aliphatic rings. The zero-order chi connectivity index (χ0) is 20.2. The van der Waals surface area contributed by atoms with Gasteiger partial charge in [0, 0.05) is 30.8 Å². The maximum absolute atomic E-state index is 12.9. The molecule has 2 amide bonds. The summed E-state index contributed by atoms with van der Waals surface area (Å²) < 4.78 is 5.97. The van der Waals surface area contributed by atoms with Gasteiger partial charge in [0.05, 0.1) is 6.04 Å². The van der Waals surface area contributed by atoms with E-state index in [1.165, 1.54) is 0 Å². The molecule has 2 aromatic rings. The van der Waals surface area contributed by atoms with Crippen LogP contribution in [0.4, 0.5) is 0 Å². The maximum Gasteiger partial charge on any atom is 0.254 e. The first-order valence-electron chi connectivity index (χ1n) is 10.5. The van der Waals surface area contributed by atoms with Gasteiger partial charge in [0.2, 0.25) is 0 Å². The van der Waals surface area contributed by atoms with E-state index in [1.54, 1.807) is 0 Å². The van der Waals surface area contributed by atoms with Crippen LogP contribution in [0.2, 0.25) is 0 Å². The first-order valence-corrected chi connectivity index (χ1v) is 10.5. The van der Waals surface area contributed by atoms with Crippen LogP contribution in [-0.2, 0) is 0 Å². The van der Waals surface area contributed by atoms with Gasteiger partial charge in [-0.1, -0.05) is 17.7 Å². The summed E-state index contributed by atoms with van der Waals surface area (Å²) in [6, 6.07) is 15.2. The third kappa shape index (κ3) is 4.44. The lowest BCUT2D eigenvalue weighted by molar-refractivity contribution is 0.0690. The first-order chi connectivity index (χ1) is 14.1. The molecule has 2 saturated heterocycles. The molecule has 2 aromatic carbocycles. The summed E-state index contributed by atoms with van der Waals surface area (Å²) in [6.45, 7) is 4.96. The molecule has 0 aliphatic carbocycles. The summed E-state index contributed by atoms with van der Waals surface area (Å²) in [6.07, 6.45) is 4.12. The molecule has 0 spiro atoms. The van der Waals surface area contributed by atoms with Crippen LogP contribution in [-0.4, -0.2) is 53.9 Å². The molecule has 1 atom stereocenters. The third-order valence-corrected chi connectivity index (χ3v) is 5.87. The molecule has 2 fully saturated rings. The van der Waals surface area contributed by atoms with E-state index in [-0.39, 0.29) is 17.9 Å². The summed E-state index contributed by atoms with van der Waals surface area (Å²) in [5.41, 5.74) is 2.58. The fraction of sp³-hybridized carbons (Fsp3) is 0.417. The summed E-state index contributed by atoms with van der Waals surface area (Å²) in [5.74, 6) is 0.903. The molecule has 0 aromatic heterocycles. The third-order valence-electron chi connectivity index (χ3n) is 5.87. The average molecular weight is 392 g/mol. The lowest BCUT2D eigenvalue weighted by Crippen LogP contribution is -2.39. The van der Waals surface area contributed by atoms with E-state index in [2.05, 4.69) is 0 Å². The Bertz CT molecular complexity index is 855. The van der Waals surface area contributed by atoms with Crippen molar-refractivity contribution in [3.63, 3.8) is 0 Å². The van der Waals surface area contributed by atoms with Gasteiger partial charge in [-0.15, -0.1) is 0 Å². The Balaban J connectivity index is 1.34. The van der Waals surface area contributed by atoms with Gasteiger partial charge in [0.25, 0.3) is 11.8 Å². The Morgan fingerprint density at radius 3 is 2.17 bits per heavy atom.